The number of carbonyl (C=O) groups is 2. The number of hydrogen-bond acceptors (Lipinski definition) is 8. The SMILES string of the molecule is COC(=O)c1cc(OC)c(OC)cc1NC(=S)Nc1sc(C)cc1C(=O)OC. The largest absolute Gasteiger partial charge is 0.493 e. The van der Waals surface area contributed by atoms with Crippen molar-refractivity contribution < 1.29 is 28.5 Å². The van der Waals surface area contributed by atoms with E-state index in [4.69, 9.17) is 31.2 Å². The van der Waals surface area contributed by atoms with Crippen LogP contribution in [0.4, 0.5) is 10.7 Å². The molecule has 8 nitrogen and oxygen atoms in total. The van der Waals surface area contributed by atoms with Crippen LogP contribution in [-0.2, 0) is 9.47 Å². The first-order valence-electron chi connectivity index (χ1n) is 7.95. The fraction of sp³-hybridized carbons (Fsp3) is 0.278. The molecular weight excluding hydrogens is 404 g/mol. The van der Waals surface area contributed by atoms with E-state index in [0.717, 1.165) is 4.88 Å². The smallest absolute Gasteiger partial charge is 0.340 e. The molecule has 0 saturated heterocycles. The summed E-state index contributed by atoms with van der Waals surface area (Å²) in [7, 11) is 5.52. The lowest BCUT2D eigenvalue weighted by Gasteiger charge is -2.16. The van der Waals surface area contributed by atoms with Crippen molar-refractivity contribution in [2.24, 2.45) is 0 Å². The van der Waals surface area contributed by atoms with Crippen molar-refractivity contribution in [1.82, 2.24) is 0 Å². The third-order valence-electron chi connectivity index (χ3n) is 3.66. The van der Waals surface area contributed by atoms with Gasteiger partial charge >= 0.3 is 11.9 Å². The molecule has 0 unspecified atom stereocenters. The average Bonchev–Trinajstić information content (AvgIpc) is 3.06. The molecule has 1 aromatic heterocycles. The zero-order valence-electron chi connectivity index (χ0n) is 16.0. The molecule has 150 valence electrons. The number of hydrogen-bond donors (Lipinski definition) is 2. The number of thiophene rings is 1. The number of benzene rings is 1. The highest BCUT2D eigenvalue weighted by molar-refractivity contribution is 7.80. The maximum Gasteiger partial charge on any atom is 0.340 e. The van der Waals surface area contributed by atoms with Gasteiger partial charge in [-0.25, -0.2) is 9.59 Å². The van der Waals surface area contributed by atoms with E-state index in [-0.39, 0.29) is 10.7 Å². The van der Waals surface area contributed by atoms with Gasteiger partial charge in [0.1, 0.15) is 5.00 Å². The monoisotopic (exact) mass is 424 g/mol. The summed E-state index contributed by atoms with van der Waals surface area (Å²) in [5.41, 5.74) is 0.935. The van der Waals surface area contributed by atoms with Gasteiger partial charge in [0.15, 0.2) is 16.6 Å². The highest BCUT2D eigenvalue weighted by Gasteiger charge is 2.20. The summed E-state index contributed by atoms with van der Waals surface area (Å²) in [6.45, 7) is 1.86. The molecule has 0 aliphatic carbocycles. The third kappa shape index (κ3) is 4.70. The summed E-state index contributed by atoms with van der Waals surface area (Å²) in [6, 6.07) is 4.77. The molecule has 0 saturated carbocycles. The van der Waals surface area contributed by atoms with E-state index < -0.39 is 11.9 Å². The highest BCUT2D eigenvalue weighted by Crippen LogP contribution is 2.34. The van der Waals surface area contributed by atoms with Gasteiger partial charge < -0.3 is 29.6 Å². The maximum atomic E-state index is 12.1. The Morgan fingerprint density at radius 2 is 1.46 bits per heavy atom. The number of methoxy groups -OCH3 is 4. The Kier molecular flexibility index (Phi) is 7.18. The van der Waals surface area contributed by atoms with Gasteiger partial charge in [-0.15, -0.1) is 11.3 Å². The third-order valence-corrected chi connectivity index (χ3v) is 4.83. The molecular formula is C18H20N2O6S2. The molecule has 0 radical (unpaired) electrons. The fourth-order valence-electron chi connectivity index (χ4n) is 2.39. The second-order valence-electron chi connectivity index (χ2n) is 5.41. The molecule has 1 aromatic carbocycles. The first-order valence-corrected chi connectivity index (χ1v) is 9.18. The molecule has 2 rings (SSSR count). The van der Waals surface area contributed by atoms with Gasteiger partial charge in [0.2, 0.25) is 0 Å². The Hall–Kier alpha value is -2.85. The summed E-state index contributed by atoms with van der Waals surface area (Å²) < 4.78 is 20.1. The van der Waals surface area contributed by atoms with Crippen LogP contribution in [0.5, 0.6) is 11.5 Å². The van der Waals surface area contributed by atoms with Gasteiger partial charge in [-0.2, -0.15) is 0 Å². The van der Waals surface area contributed by atoms with Crippen molar-refractivity contribution in [1.29, 1.82) is 0 Å². The van der Waals surface area contributed by atoms with Crippen molar-refractivity contribution in [2.75, 3.05) is 39.1 Å². The topological polar surface area (TPSA) is 95.1 Å². The van der Waals surface area contributed by atoms with E-state index in [1.54, 1.807) is 12.1 Å². The van der Waals surface area contributed by atoms with Crippen molar-refractivity contribution in [2.45, 2.75) is 6.92 Å². The zero-order valence-corrected chi connectivity index (χ0v) is 17.6. The maximum absolute atomic E-state index is 12.1. The van der Waals surface area contributed by atoms with Crippen LogP contribution in [0.15, 0.2) is 18.2 Å². The molecule has 0 fully saturated rings. The van der Waals surface area contributed by atoms with Crippen LogP contribution >= 0.6 is 23.6 Å². The molecule has 1 heterocycles. The second kappa shape index (κ2) is 9.38. The Labute approximate surface area is 171 Å². The summed E-state index contributed by atoms with van der Waals surface area (Å²) >= 11 is 6.69. The minimum Gasteiger partial charge on any atom is -0.493 e. The lowest BCUT2D eigenvalue weighted by atomic mass is 10.1. The number of nitrogens with one attached hydrogen (secondary N) is 2. The standard InChI is InChI=1S/C18H20N2O6S2/c1-9-6-11(17(22)26-5)15(28-9)20-18(27)19-12-8-14(24-3)13(23-2)7-10(12)16(21)25-4/h6-8H,1-5H3,(H2,19,20,27). The summed E-state index contributed by atoms with van der Waals surface area (Å²) in [5, 5.41) is 6.59. The minimum absolute atomic E-state index is 0.171. The summed E-state index contributed by atoms with van der Waals surface area (Å²) in [6.07, 6.45) is 0. The zero-order chi connectivity index (χ0) is 20.8. The molecule has 0 aliphatic rings. The van der Waals surface area contributed by atoms with Gasteiger partial charge in [0.25, 0.3) is 0 Å². The summed E-state index contributed by atoms with van der Waals surface area (Å²) in [4.78, 5) is 25.0. The molecule has 0 atom stereocenters. The van der Waals surface area contributed by atoms with Crippen molar-refractivity contribution in [3.8, 4) is 11.5 Å². The van der Waals surface area contributed by atoms with E-state index in [2.05, 4.69) is 10.6 Å². The van der Waals surface area contributed by atoms with Gasteiger partial charge in [-0.3, -0.25) is 0 Å². The van der Waals surface area contributed by atoms with Crippen LogP contribution < -0.4 is 20.1 Å². The van der Waals surface area contributed by atoms with Crippen LogP contribution in [0, 0.1) is 6.92 Å². The van der Waals surface area contributed by atoms with E-state index in [1.165, 1.54) is 45.8 Å². The van der Waals surface area contributed by atoms with Crippen molar-refractivity contribution in [3.63, 3.8) is 0 Å². The number of esters is 2. The molecule has 10 heteroatoms. The van der Waals surface area contributed by atoms with Crippen LogP contribution in [0.1, 0.15) is 25.6 Å². The normalized spacial score (nSPS) is 10.0. The number of rotatable bonds is 6. The number of ether oxygens (including phenoxy) is 4. The van der Waals surface area contributed by atoms with Gasteiger partial charge in [-0.05, 0) is 25.2 Å². The van der Waals surface area contributed by atoms with Crippen molar-refractivity contribution >= 4 is 51.3 Å². The molecule has 2 N–H and O–H groups in total. The molecule has 28 heavy (non-hydrogen) atoms. The van der Waals surface area contributed by atoms with E-state index >= 15 is 0 Å². The first-order chi connectivity index (χ1) is 13.3. The summed E-state index contributed by atoms with van der Waals surface area (Å²) in [5.74, 6) is -0.277. The lowest BCUT2D eigenvalue weighted by molar-refractivity contribution is 0.0593. The predicted octanol–water partition coefficient (Wildman–Crippen LogP) is 3.46. The van der Waals surface area contributed by atoms with E-state index in [9.17, 15) is 9.59 Å². The first kappa shape index (κ1) is 21.5. The van der Waals surface area contributed by atoms with Gasteiger partial charge in [0, 0.05) is 17.0 Å². The molecule has 0 spiro atoms. The average molecular weight is 425 g/mol. The quantitative estimate of drug-likeness (QED) is 0.534. The number of anilines is 2. The van der Waals surface area contributed by atoms with E-state index in [1.807, 2.05) is 6.92 Å². The number of thiocarbonyl (C=S) groups is 1. The Morgan fingerprint density at radius 3 is 2.04 bits per heavy atom. The van der Waals surface area contributed by atoms with Crippen LogP contribution in [0.3, 0.4) is 0 Å². The highest BCUT2D eigenvalue weighted by atomic mass is 32.1. The predicted molar refractivity (Wildman–Crippen MR) is 111 cm³/mol. The van der Waals surface area contributed by atoms with Crippen LogP contribution in [0.25, 0.3) is 0 Å². The van der Waals surface area contributed by atoms with Gasteiger partial charge in [0.05, 0.1) is 45.3 Å². The number of carbonyl (C=O) groups excluding carboxylic acids is 2. The fourth-order valence-corrected chi connectivity index (χ4v) is 3.57. The molecule has 2 aromatic rings. The Morgan fingerprint density at radius 1 is 0.893 bits per heavy atom. The minimum atomic E-state index is -0.575. The Bertz CT molecular complexity index is 910. The lowest BCUT2D eigenvalue weighted by Crippen LogP contribution is -2.21. The Balaban J connectivity index is 2.33. The molecule has 0 aliphatic heterocycles. The number of aryl methyl sites for hydroxylation is 1. The van der Waals surface area contributed by atoms with E-state index in [0.29, 0.717) is 27.8 Å². The van der Waals surface area contributed by atoms with Crippen molar-refractivity contribution in [3.05, 3.63) is 34.2 Å². The van der Waals surface area contributed by atoms with Crippen LogP contribution in [0.2, 0.25) is 0 Å². The molecule has 0 bridgehead atoms. The van der Waals surface area contributed by atoms with Crippen LogP contribution in [-0.4, -0.2) is 45.5 Å². The molecule has 0 amide bonds. The second-order valence-corrected chi connectivity index (χ2v) is 7.08. The van der Waals surface area contributed by atoms with Gasteiger partial charge in [-0.1, -0.05) is 0 Å².